The maximum Gasteiger partial charge on any atom is 0.293 e. The van der Waals surface area contributed by atoms with Gasteiger partial charge in [0, 0.05) is 5.56 Å². The fourth-order valence-electron chi connectivity index (χ4n) is 1.22. The molecule has 2 rings (SSSR count). The van der Waals surface area contributed by atoms with Gasteiger partial charge in [0.15, 0.2) is 17.7 Å². The van der Waals surface area contributed by atoms with Gasteiger partial charge in [0.25, 0.3) is 5.35 Å². The summed E-state index contributed by atoms with van der Waals surface area (Å²) in [6.45, 7) is 0. The average molecular weight is 226 g/mol. The van der Waals surface area contributed by atoms with Crippen LogP contribution in [0.25, 0.3) is 11.3 Å². The van der Waals surface area contributed by atoms with Crippen LogP contribution in [-0.2, 0) is 0 Å². The second kappa shape index (κ2) is 3.82. The first-order valence-corrected chi connectivity index (χ1v) is 4.46. The van der Waals surface area contributed by atoms with Gasteiger partial charge in [-0.15, -0.1) is 0 Å². The first-order chi connectivity index (χ1) is 7.20. The van der Waals surface area contributed by atoms with Gasteiger partial charge in [-0.05, 0) is 23.7 Å². The van der Waals surface area contributed by atoms with E-state index in [4.69, 9.17) is 16.0 Å². The fourth-order valence-corrected chi connectivity index (χ4v) is 1.39. The van der Waals surface area contributed by atoms with Crippen molar-refractivity contribution in [3.8, 4) is 11.3 Å². The number of benzene rings is 1. The van der Waals surface area contributed by atoms with Gasteiger partial charge in [-0.3, -0.25) is 4.79 Å². The molecule has 1 aromatic heterocycles. The van der Waals surface area contributed by atoms with Crippen LogP contribution >= 0.6 is 11.6 Å². The molecule has 0 amide bonds. The van der Waals surface area contributed by atoms with Crippen molar-refractivity contribution in [2.75, 3.05) is 0 Å². The lowest BCUT2D eigenvalue weighted by atomic mass is 10.1. The molecular weight excluding hydrogens is 221 g/mol. The van der Waals surface area contributed by atoms with Crippen molar-refractivity contribution in [1.29, 1.82) is 0 Å². The zero-order chi connectivity index (χ0) is 10.8. The number of rotatable bonds is 2. The van der Waals surface area contributed by atoms with Crippen molar-refractivity contribution in [3.63, 3.8) is 0 Å². The van der Waals surface area contributed by atoms with E-state index in [1.54, 1.807) is 6.07 Å². The predicted octanol–water partition coefficient (Wildman–Crippen LogP) is 2.95. The van der Waals surface area contributed by atoms with Crippen LogP contribution in [0.5, 0.6) is 0 Å². The number of nitrogens with zero attached hydrogens (tertiary/aromatic N) is 1. The summed E-state index contributed by atoms with van der Waals surface area (Å²) in [7, 11) is 0. The van der Waals surface area contributed by atoms with Crippen LogP contribution in [-0.4, -0.2) is 11.3 Å². The Kier molecular flexibility index (Phi) is 2.51. The summed E-state index contributed by atoms with van der Waals surface area (Å²) < 4.78 is 17.9. The third-order valence-corrected chi connectivity index (χ3v) is 1.99. The number of hydrogen-bond donors (Lipinski definition) is 0. The summed E-state index contributed by atoms with van der Waals surface area (Å²) in [4.78, 5) is 14.3. The minimum absolute atomic E-state index is 0.0607. The molecule has 2 aromatic rings. The van der Waals surface area contributed by atoms with Crippen molar-refractivity contribution < 1.29 is 13.6 Å². The van der Waals surface area contributed by atoms with Crippen molar-refractivity contribution in [2.24, 2.45) is 0 Å². The molecule has 0 aliphatic rings. The normalized spacial score (nSPS) is 10.3. The second-order valence-electron chi connectivity index (χ2n) is 2.81. The van der Waals surface area contributed by atoms with Crippen LogP contribution in [0.4, 0.5) is 4.39 Å². The molecular formula is C10H5ClFNO2. The quantitative estimate of drug-likeness (QED) is 0.738. The fraction of sp³-hybridized carbons (Fsp3) is 0. The van der Waals surface area contributed by atoms with Crippen LogP contribution in [0.15, 0.2) is 28.7 Å². The Labute approximate surface area is 89.5 Å². The van der Waals surface area contributed by atoms with E-state index in [0.29, 0.717) is 11.8 Å². The number of halogens is 2. The van der Waals surface area contributed by atoms with Gasteiger partial charge in [-0.1, -0.05) is 12.1 Å². The number of carbonyl (C=O) groups excluding carboxylic acids is 1. The summed E-state index contributed by atoms with van der Waals surface area (Å²) in [5.74, 6) is -0.244. The first kappa shape index (κ1) is 9.86. The van der Waals surface area contributed by atoms with E-state index in [0.717, 1.165) is 0 Å². The molecule has 76 valence electrons. The zero-order valence-electron chi connectivity index (χ0n) is 7.41. The Morgan fingerprint density at radius 3 is 2.93 bits per heavy atom. The van der Waals surface area contributed by atoms with Crippen LogP contribution in [0.2, 0.25) is 5.35 Å². The Morgan fingerprint density at radius 1 is 1.47 bits per heavy atom. The molecule has 0 radical (unpaired) electrons. The van der Waals surface area contributed by atoms with Crippen LogP contribution in [0.3, 0.4) is 0 Å². The van der Waals surface area contributed by atoms with E-state index in [2.05, 4.69) is 4.98 Å². The second-order valence-corrected chi connectivity index (χ2v) is 3.13. The van der Waals surface area contributed by atoms with Gasteiger partial charge in [-0.25, -0.2) is 4.39 Å². The highest BCUT2D eigenvalue weighted by Gasteiger charge is 2.13. The van der Waals surface area contributed by atoms with E-state index in [1.807, 2.05) is 0 Å². The molecule has 0 unspecified atom stereocenters. The summed E-state index contributed by atoms with van der Waals surface area (Å²) in [6, 6.07) is 5.65. The highest BCUT2D eigenvalue weighted by molar-refractivity contribution is 6.28. The third kappa shape index (κ3) is 1.89. The molecule has 0 aliphatic carbocycles. The van der Waals surface area contributed by atoms with Crippen molar-refractivity contribution in [2.45, 2.75) is 0 Å². The monoisotopic (exact) mass is 225 g/mol. The summed E-state index contributed by atoms with van der Waals surface area (Å²) in [5.41, 5.74) is 0.488. The summed E-state index contributed by atoms with van der Waals surface area (Å²) in [5, 5.41) is -0.142. The van der Waals surface area contributed by atoms with Crippen molar-refractivity contribution >= 4 is 17.9 Å². The maximum atomic E-state index is 12.9. The van der Waals surface area contributed by atoms with Gasteiger partial charge in [0.1, 0.15) is 5.82 Å². The Hall–Kier alpha value is -1.68. The van der Waals surface area contributed by atoms with Gasteiger partial charge in [-0.2, -0.15) is 4.98 Å². The molecule has 0 spiro atoms. The molecule has 15 heavy (non-hydrogen) atoms. The molecule has 5 heteroatoms. The van der Waals surface area contributed by atoms with Gasteiger partial charge < -0.3 is 4.42 Å². The molecule has 0 saturated carbocycles. The molecule has 1 aromatic carbocycles. The van der Waals surface area contributed by atoms with E-state index in [1.165, 1.54) is 18.2 Å². The SMILES string of the molecule is O=Cc1nc(Cl)oc1-c1cccc(F)c1. The molecule has 0 bridgehead atoms. The largest absolute Gasteiger partial charge is 0.427 e. The lowest BCUT2D eigenvalue weighted by molar-refractivity contribution is 0.112. The smallest absolute Gasteiger partial charge is 0.293 e. The van der Waals surface area contributed by atoms with Gasteiger partial charge in [0.2, 0.25) is 0 Å². The number of hydrogen-bond acceptors (Lipinski definition) is 3. The predicted molar refractivity (Wildman–Crippen MR) is 52.3 cm³/mol. The minimum Gasteiger partial charge on any atom is -0.427 e. The van der Waals surface area contributed by atoms with E-state index in [9.17, 15) is 9.18 Å². The molecule has 3 nitrogen and oxygen atoms in total. The number of oxazole rings is 1. The summed E-state index contributed by atoms with van der Waals surface area (Å²) >= 11 is 5.50. The Balaban J connectivity index is 2.57. The third-order valence-electron chi connectivity index (χ3n) is 1.83. The molecule has 1 heterocycles. The summed E-state index contributed by atoms with van der Waals surface area (Å²) in [6.07, 6.45) is 0.510. The Bertz CT molecular complexity index is 510. The average Bonchev–Trinajstić information content (AvgIpc) is 2.59. The molecule has 0 saturated heterocycles. The molecule has 0 N–H and O–H groups in total. The van der Waals surface area contributed by atoms with Crippen LogP contribution in [0, 0.1) is 5.82 Å². The topological polar surface area (TPSA) is 43.1 Å². The van der Waals surface area contributed by atoms with E-state index >= 15 is 0 Å². The molecule has 0 atom stereocenters. The van der Waals surface area contributed by atoms with Crippen molar-refractivity contribution in [1.82, 2.24) is 4.98 Å². The number of aromatic nitrogens is 1. The van der Waals surface area contributed by atoms with E-state index < -0.39 is 5.82 Å². The standard InChI is InChI=1S/C10H5ClFNO2/c11-10-13-8(5-14)9(15-10)6-2-1-3-7(12)4-6/h1-5H. The van der Waals surface area contributed by atoms with Crippen LogP contribution < -0.4 is 0 Å². The molecule has 0 aliphatic heterocycles. The first-order valence-electron chi connectivity index (χ1n) is 4.08. The highest BCUT2D eigenvalue weighted by Crippen LogP contribution is 2.26. The van der Waals surface area contributed by atoms with Gasteiger partial charge in [0.05, 0.1) is 0 Å². The molecule has 0 fully saturated rings. The lowest BCUT2D eigenvalue weighted by Crippen LogP contribution is -1.84. The zero-order valence-corrected chi connectivity index (χ0v) is 8.16. The number of aldehydes is 1. The van der Waals surface area contributed by atoms with Crippen LogP contribution in [0.1, 0.15) is 10.5 Å². The highest BCUT2D eigenvalue weighted by atomic mass is 35.5. The van der Waals surface area contributed by atoms with E-state index in [-0.39, 0.29) is 16.8 Å². The Morgan fingerprint density at radius 2 is 2.27 bits per heavy atom. The van der Waals surface area contributed by atoms with Gasteiger partial charge >= 0.3 is 0 Å². The number of carbonyl (C=O) groups is 1. The lowest BCUT2D eigenvalue weighted by Gasteiger charge is -1.96. The maximum absolute atomic E-state index is 12.9. The van der Waals surface area contributed by atoms with Crippen molar-refractivity contribution in [3.05, 3.63) is 41.1 Å². The minimum atomic E-state index is -0.420.